The van der Waals surface area contributed by atoms with Crippen LogP contribution in [0.4, 0.5) is 0 Å². The second-order valence-corrected chi connectivity index (χ2v) is 8.43. The first-order valence-corrected chi connectivity index (χ1v) is 10.9. The van der Waals surface area contributed by atoms with Gasteiger partial charge in [-0.05, 0) is 49.9 Å². The minimum absolute atomic E-state index is 0.0745. The van der Waals surface area contributed by atoms with Gasteiger partial charge >= 0.3 is 0 Å². The van der Waals surface area contributed by atoms with E-state index in [1.807, 2.05) is 30.9 Å². The highest BCUT2D eigenvalue weighted by Crippen LogP contribution is 2.28. The molecule has 0 bridgehead atoms. The Morgan fingerprint density at radius 2 is 1.90 bits per heavy atom. The van der Waals surface area contributed by atoms with Gasteiger partial charge in [-0.15, -0.1) is 0 Å². The van der Waals surface area contributed by atoms with E-state index in [0.29, 0.717) is 36.9 Å². The van der Waals surface area contributed by atoms with Crippen LogP contribution in [0.3, 0.4) is 0 Å². The lowest BCUT2D eigenvalue weighted by Crippen LogP contribution is -2.58. The molecule has 2 fully saturated rings. The van der Waals surface area contributed by atoms with Gasteiger partial charge in [0.15, 0.2) is 0 Å². The smallest absolute Gasteiger partial charge is 0.225 e. The van der Waals surface area contributed by atoms with Crippen molar-refractivity contribution in [3.63, 3.8) is 0 Å². The van der Waals surface area contributed by atoms with Gasteiger partial charge in [0.2, 0.25) is 11.8 Å². The summed E-state index contributed by atoms with van der Waals surface area (Å²) < 4.78 is 12.2. The van der Waals surface area contributed by atoms with Gasteiger partial charge in [0.05, 0.1) is 19.6 Å². The van der Waals surface area contributed by atoms with Crippen LogP contribution < -0.4 is 4.74 Å². The molecule has 2 aliphatic heterocycles. The molecule has 0 unspecified atom stereocenters. The maximum Gasteiger partial charge on any atom is 0.225 e. The van der Waals surface area contributed by atoms with Crippen LogP contribution in [-0.4, -0.2) is 66.6 Å². The highest BCUT2D eigenvalue weighted by Gasteiger charge is 2.42. The molecule has 29 heavy (non-hydrogen) atoms. The van der Waals surface area contributed by atoms with Crippen LogP contribution in [0.2, 0.25) is 5.02 Å². The van der Waals surface area contributed by atoms with Crippen molar-refractivity contribution in [3.8, 4) is 5.75 Å². The number of aryl methyl sites for hydroxylation is 1. The topological polar surface area (TPSA) is 59.1 Å². The number of morpholine rings is 1. The Morgan fingerprint density at radius 1 is 1.14 bits per heavy atom. The van der Waals surface area contributed by atoms with Crippen molar-refractivity contribution >= 4 is 23.4 Å². The lowest BCUT2D eigenvalue weighted by Gasteiger charge is -2.43. The number of likely N-dealkylation sites (tertiary alicyclic amines) is 1. The molecule has 160 valence electrons. The number of hydrogen-bond acceptors (Lipinski definition) is 4. The zero-order chi connectivity index (χ0) is 20.9. The Bertz CT molecular complexity index is 736. The van der Waals surface area contributed by atoms with Crippen molar-refractivity contribution in [2.75, 3.05) is 39.4 Å². The predicted octanol–water partition coefficient (Wildman–Crippen LogP) is 3.44. The first kappa shape index (κ1) is 21.9. The van der Waals surface area contributed by atoms with Crippen molar-refractivity contribution in [1.29, 1.82) is 0 Å². The van der Waals surface area contributed by atoms with Crippen LogP contribution in [0.1, 0.15) is 44.6 Å². The summed E-state index contributed by atoms with van der Waals surface area (Å²) in [5.41, 5.74) is 0.0838. The van der Waals surface area contributed by atoms with E-state index in [4.69, 9.17) is 21.1 Å². The Balaban J connectivity index is 1.75. The van der Waals surface area contributed by atoms with E-state index in [0.717, 1.165) is 31.5 Å². The van der Waals surface area contributed by atoms with Crippen LogP contribution in [-0.2, 0) is 14.3 Å². The summed E-state index contributed by atoms with van der Waals surface area (Å²) in [7, 11) is 0. The van der Waals surface area contributed by atoms with Gasteiger partial charge in [-0.25, -0.2) is 0 Å². The van der Waals surface area contributed by atoms with Crippen molar-refractivity contribution in [2.45, 2.75) is 51.6 Å². The molecule has 2 heterocycles. The number of ether oxygens (including phenoxy) is 2. The van der Waals surface area contributed by atoms with Crippen LogP contribution >= 0.6 is 11.6 Å². The molecule has 2 aliphatic rings. The molecule has 1 aromatic rings. The highest BCUT2D eigenvalue weighted by molar-refractivity contribution is 6.31. The van der Waals surface area contributed by atoms with Gasteiger partial charge in [0.1, 0.15) is 18.0 Å². The normalized spacial score (nSPS) is 22.4. The van der Waals surface area contributed by atoms with Crippen molar-refractivity contribution < 1.29 is 19.1 Å². The Hall–Kier alpha value is -1.79. The summed E-state index contributed by atoms with van der Waals surface area (Å²) >= 11 is 6.11. The summed E-state index contributed by atoms with van der Waals surface area (Å²) in [5, 5.41) is 0.681. The van der Waals surface area contributed by atoms with E-state index in [1.54, 1.807) is 11.0 Å². The number of hydrogen-bond donors (Lipinski definition) is 0. The summed E-state index contributed by atoms with van der Waals surface area (Å²) in [5.74, 6) is 0.830. The summed E-state index contributed by atoms with van der Waals surface area (Å²) in [6.45, 7) is 6.89. The quantitative estimate of drug-likeness (QED) is 0.704. The Morgan fingerprint density at radius 3 is 2.59 bits per heavy atom. The molecule has 0 saturated carbocycles. The van der Waals surface area contributed by atoms with Crippen LogP contribution in [0.15, 0.2) is 18.2 Å². The molecule has 6 nitrogen and oxygen atoms in total. The molecule has 1 aromatic carbocycles. The molecule has 0 aromatic heterocycles. The van der Waals surface area contributed by atoms with E-state index in [2.05, 4.69) is 0 Å². The molecular weight excluding hydrogens is 392 g/mol. The Kier molecular flexibility index (Phi) is 7.41. The number of carbonyl (C=O) groups is 2. The first-order valence-electron chi connectivity index (χ1n) is 10.5. The maximum atomic E-state index is 13.0. The number of carbonyl (C=O) groups excluding carboxylic acids is 2. The second-order valence-electron chi connectivity index (χ2n) is 8.02. The molecule has 1 atom stereocenters. The number of piperidine rings is 1. The number of benzene rings is 1. The molecule has 0 N–H and O–H groups in total. The molecule has 2 saturated heterocycles. The fourth-order valence-electron chi connectivity index (χ4n) is 3.98. The lowest BCUT2D eigenvalue weighted by atomic mass is 9.96. The maximum absolute atomic E-state index is 13.0. The molecule has 3 rings (SSSR count). The lowest BCUT2D eigenvalue weighted by molar-refractivity contribution is -0.166. The number of amides is 2. The standard InChI is InChI=1S/C22H31ClN2O4/c1-3-20(26)25-11-12-29-22(15-25,14-21(27)24-9-5-4-6-10-24)16-28-18-7-8-19(23)17(2)13-18/h7-8,13H,3-6,9-12,14-16H2,1-2H3/t22-/m1/s1. The van der Waals surface area contributed by atoms with E-state index >= 15 is 0 Å². The zero-order valence-corrected chi connectivity index (χ0v) is 18.2. The second kappa shape index (κ2) is 9.81. The van der Waals surface area contributed by atoms with Crippen LogP contribution in [0, 0.1) is 6.92 Å². The van der Waals surface area contributed by atoms with E-state index in [-0.39, 0.29) is 24.8 Å². The fraction of sp³-hybridized carbons (Fsp3) is 0.636. The summed E-state index contributed by atoms with van der Waals surface area (Å²) in [6, 6.07) is 5.49. The highest BCUT2D eigenvalue weighted by atomic mass is 35.5. The molecule has 7 heteroatoms. The van der Waals surface area contributed by atoms with Gasteiger partial charge in [0.25, 0.3) is 0 Å². The number of halogens is 1. The van der Waals surface area contributed by atoms with Crippen LogP contribution in [0.25, 0.3) is 0 Å². The SMILES string of the molecule is CCC(=O)N1CCO[C@](COc2ccc(Cl)c(C)c2)(CC(=O)N2CCCCC2)C1. The summed E-state index contributed by atoms with van der Waals surface area (Å²) in [6.07, 6.45) is 3.91. The van der Waals surface area contributed by atoms with Crippen molar-refractivity contribution in [1.82, 2.24) is 9.80 Å². The average molecular weight is 423 g/mol. The van der Waals surface area contributed by atoms with E-state index in [1.165, 1.54) is 6.42 Å². The third-order valence-corrected chi connectivity index (χ3v) is 6.14. The third kappa shape index (κ3) is 5.64. The van der Waals surface area contributed by atoms with Gasteiger partial charge < -0.3 is 19.3 Å². The third-order valence-electron chi connectivity index (χ3n) is 5.72. The monoisotopic (exact) mass is 422 g/mol. The average Bonchev–Trinajstić information content (AvgIpc) is 2.75. The minimum Gasteiger partial charge on any atom is -0.490 e. The first-order chi connectivity index (χ1) is 13.9. The van der Waals surface area contributed by atoms with E-state index < -0.39 is 5.60 Å². The van der Waals surface area contributed by atoms with Crippen molar-refractivity contribution in [2.24, 2.45) is 0 Å². The summed E-state index contributed by atoms with van der Waals surface area (Å²) in [4.78, 5) is 29.0. The van der Waals surface area contributed by atoms with Crippen molar-refractivity contribution in [3.05, 3.63) is 28.8 Å². The number of rotatable bonds is 6. The fourth-order valence-corrected chi connectivity index (χ4v) is 4.10. The molecular formula is C22H31ClN2O4. The van der Waals surface area contributed by atoms with Gasteiger partial charge in [-0.3, -0.25) is 9.59 Å². The molecule has 0 aliphatic carbocycles. The molecule has 2 amide bonds. The minimum atomic E-state index is -0.842. The molecule has 0 radical (unpaired) electrons. The predicted molar refractivity (Wildman–Crippen MR) is 112 cm³/mol. The zero-order valence-electron chi connectivity index (χ0n) is 17.4. The number of nitrogens with zero attached hydrogens (tertiary/aromatic N) is 2. The van der Waals surface area contributed by atoms with Crippen LogP contribution in [0.5, 0.6) is 5.75 Å². The Labute approximate surface area is 178 Å². The molecule has 0 spiro atoms. The van der Waals surface area contributed by atoms with E-state index in [9.17, 15) is 9.59 Å². The van der Waals surface area contributed by atoms with Gasteiger partial charge in [-0.2, -0.15) is 0 Å². The largest absolute Gasteiger partial charge is 0.490 e. The van der Waals surface area contributed by atoms with Gasteiger partial charge in [0, 0.05) is 31.1 Å². The van der Waals surface area contributed by atoms with Gasteiger partial charge in [-0.1, -0.05) is 18.5 Å².